The number of urea groups is 1. The van der Waals surface area contributed by atoms with Crippen molar-refractivity contribution >= 4 is 27.6 Å². The van der Waals surface area contributed by atoms with Crippen LogP contribution in [0.4, 0.5) is 4.79 Å². The lowest BCUT2D eigenvalue weighted by Crippen LogP contribution is -2.28. The van der Waals surface area contributed by atoms with Gasteiger partial charge in [-0.2, -0.15) is 0 Å². The van der Waals surface area contributed by atoms with E-state index in [4.69, 9.17) is 10.7 Å². The van der Waals surface area contributed by atoms with Crippen molar-refractivity contribution in [3.8, 4) is 0 Å². The Hall–Kier alpha value is -1.62. The fraction of sp³-hybridized carbons (Fsp3) is 0.529. The number of carbonyl (C=O) groups is 1. The smallest absolute Gasteiger partial charge is 0.312 e. The molecule has 1 unspecified atom stereocenters. The molecule has 0 aromatic carbocycles. The third-order valence-corrected chi connectivity index (χ3v) is 5.63. The quantitative estimate of drug-likeness (QED) is 0.888. The molecule has 0 fully saturated rings. The van der Waals surface area contributed by atoms with Crippen LogP contribution in [0, 0.1) is 11.3 Å². The van der Waals surface area contributed by atoms with Crippen molar-refractivity contribution in [3.63, 3.8) is 0 Å². The summed E-state index contributed by atoms with van der Waals surface area (Å²) in [4.78, 5) is 17.8. The van der Waals surface area contributed by atoms with Crippen molar-refractivity contribution in [1.29, 1.82) is 0 Å². The van der Waals surface area contributed by atoms with Gasteiger partial charge in [-0.15, -0.1) is 11.3 Å². The van der Waals surface area contributed by atoms with E-state index in [0.29, 0.717) is 17.9 Å². The molecule has 22 heavy (non-hydrogen) atoms. The average Bonchev–Trinajstić information content (AvgIpc) is 2.82. The van der Waals surface area contributed by atoms with Crippen molar-refractivity contribution in [2.45, 2.75) is 46.6 Å². The van der Waals surface area contributed by atoms with Crippen LogP contribution in [0.1, 0.15) is 43.3 Å². The van der Waals surface area contributed by atoms with Crippen LogP contribution < -0.4 is 11.1 Å². The number of nitrogens with two attached hydrogens (primary N) is 1. The van der Waals surface area contributed by atoms with Gasteiger partial charge in [-0.25, -0.2) is 9.78 Å². The molecule has 0 saturated carbocycles. The minimum absolute atomic E-state index is 0.345. The number of primary amides is 1. The predicted molar refractivity (Wildman–Crippen MR) is 91.0 cm³/mol. The first kappa shape index (κ1) is 15.3. The number of nitrogens with zero attached hydrogens (tertiary/aromatic N) is 1. The Labute approximate surface area is 135 Å². The molecule has 4 nitrogen and oxygen atoms in total. The topological polar surface area (TPSA) is 68.0 Å². The van der Waals surface area contributed by atoms with Gasteiger partial charge in [0.15, 0.2) is 0 Å². The van der Waals surface area contributed by atoms with Gasteiger partial charge in [-0.05, 0) is 48.3 Å². The molecule has 2 amide bonds. The molecule has 118 valence electrons. The summed E-state index contributed by atoms with van der Waals surface area (Å²) in [5.41, 5.74) is 8.12. The van der Waals surface area contributed by atoms with Crippen LogP contribution in [0.15, 0.2) is 12.1 Å². The number of amides is 2. The highest BCUT2D eigenvalue weighted by Gasteiger charge is 2.29. The van der Waals surface area contributed by atoms with Gasteiger partial charge in [-0.3, -0.25) is 0 Å². The van der Waals surface area contributed by atoms with Crippen LogP contribution >= 0.6 is 11.3 Å². The Kier molecular flexibility index (Phi) is 3.85. The van der Waals surface area contributed by atoms with E-state index in [0.717, 1.165) is 22.5 Å². The summed E-state index contributed by atoms with van der Waals surface area (Å²) in [5, 5.41) is 3.82. The number of hydrogen-bond donors (Lipinski definition) is 2. The number of carbonyl (C=O) groups excluding carboxylic acids is 1. The van der Waals surface area contributed by atoms with E-state index in [9.17, 15) is 4.79 Å². The highest BCUT2D eigenvalue weighted by Crippen LogP contribution is 2.38. The van der Waals surface area contributed by atoms with E-state index < -0.39 is 6.03 Å². The number of nitrogens with one attached hydrogen (secondary N) is 1. The van der Waals surface area contributed by atoms with E-state index in [1.54, 1.807) is 11.3 Å². The number of hydrogen-bond acceptors (Lipinski definition) is 3. The Morgan fingerprint density at radius 1 is 1.45 bits per heavy atom. The number of aryl methyl sites for hydroxylation is 1. The molecule has 2 aromatic heterocycles. The van der Waals surface area contributed by atoms with E-state index in [1.807, 2.05) is 0 Å². The molecule has 5 heteroatoms. The van der Waals surface area contributed by atoms with Gasteiger partial charge < -0.3 is 11.1 Å². The number of thiophene rings is 1. The second-order valence-corrected chi connectivity index (χ2v) is 8.34. The molecule has 1 aliphatic rings. The zero-order valence-corrected chi connectivity index (χ0v) is 14.2. The van der Waals surface area contributed by atoms with Crippen LogP contribution in [0.25, 0.3) is 10.2 Å². The maximum Gasteiger partial charge on any atom is 0.312 e. The van der Waals surface area contributed by atoms with Crippen LogP contribution in [-0.2, 0) is 19.4 Å². The van der Waals surface area contributed by atoms with Crippen molar-refractivity contribution in [1.82, 2.24) is 10.3 Å². The fourth-order valence-corrected chi connectivity index (χ4v) is 4.15. The molecule has 0 spiro atoms. The van der Waals surface area contributed by atoms with Crippen molar-refractivity contribution in [2.75, 3.05) is 0 Å². The zero-order valence-electron chi connectivity index (χ0n) is 13.4. The molecule has 3 N–H and O–H groups in total. The van der Waals surface area contributed by atoms with Gasteiger partial charge in [0.2, 0.25) is 0 Å². The first-order valence-electron chi connectivity index (χ1n) is 7.77. The van der Waals surface area contributed by atoms with E-state index in [2.05, 4.69) is 38.2 Å². The SMILES string of the molecule is CC(C)(C)C1CCc2nc3sc(CNC(N)=O)cc3cc2C1. The summed E-state index contributed by atoms with van der Waals surface area (Å²) >= 11 is 1.64. The van der Waals surface area contributed by atoms with Gasteiger partial charge in [0.25, 0.3) is 0 Å². The molecule has 2 heterocycles. The van der Waals surface area contributed by atoms with Gasteiger partial charge in [0.05, 0.1) is 6.54 Å². The first-order valence-corrected chi connectivity index (χ1v) is 8.59. The molecular formula is C17H23N3OS. The van der Waals surface area contributed by atoms with Crippen LogP contribution in [0.3, 0.4) is 0 Å². The Balaban J connectivity index is 1.88. The van der Waals surface area contributed by atoms with Gasteiger partial charge in [-0.1, -0.05) is 20.8 Å². The number of pyridine rings is 1. The second-order valence-electron chi connectivity index (χ2n) is 7.22. The summed E-state index contributed by atoms with van der Waals surface area (Å²) in [6, 6.07) is 3.92. The highest BCUT2D eigenvalue weighted by atomic mass is 32.1. The molecule has 1 atom stereocenters. The minimum atomic E-state index is -0.488. The third kappa shape index (κ3) is 3.09. The maximum absolute atomic E-state index is 10.8. The number of fused-ring (bicyclic) bond motifs is 2. The molecule has 0 aliphatic heterocycles. The monoisotopic (exact) mass is 317 g/mol. The lowest BCUT2D eigenvalue weighted by Gasteiger charge is -2.34. The van der Waals surface area contributed by atoms with Crippen LogP contribution in [-0.4, -0.2) is 11.0 Å². The van der Waals surface area contributed by atoms with E-state index in [-0.39, 0.29) is 0 Å². The molecule has 0 radical (unpaired) electrons. The Bertz CT molecular complexity index is 714. The van der Waals surface area contributed by atoms with E-state index >= 15 is 0 Å². The molecular weight excluding hydrogens is 294 g/mol. The largest absolute Gasteiger partial charge is 0.352 e. The maximum atomic E-state index is 10.8. The van der Waals surface area contributed by atoms with Gasteiger partial charge in [0, 0.05) is 16.0 Å². The summed E-state index contributed by atoms with van der Waals surface area (Å²) in [6.07, 6.45) is 3.41. The molecule has 1 aliphatic carbocycles. The van der Waals surface area contributed by atoms with Gasteiger partial charge >= 0.3 is 6.03 Å². The molecule has 0 saturated heterocycles. The highest BCUT2D eigenvalue weighted by molar-refractivity contribution is 7.18. The molecule has 0 bridgehead atoms. The van der Waals surface area contributed by atoms with Crippen molar-refractivity contribution in [3.05, 3.63) is 28.3 Å². The summed E-state index contributed by atoms with van der Waals surface area (Å²) in [6.45, 7) is 7.46. The summed E-state index contributed by atoms with van der Waals surface area (Å²) in [5.74, 6) is 0.717. The standard InChI is InChI=1S/C17H23N3OS/c1-17(2,3)12-4-5-14-10(7-12)6-11-8-13(9-19-16(18)21)22-15(11)20-14/h6,8,12H,4-5,7,9H2,1-3H3,(H3,18,19,21). The third-order valence-electron chi connectivity index (χ3n) is 4.59. The van der Waals surface area contributed by atoms with Crippen molar-refractivity contribution < 1.29 is 4.79 Å². The van der Waals surface area contributed by atoms with Crippen LogP contribution in [0.2, 0.25) is 0 Å². The van der Waals surface area contributed by atoms with E-state index in [1.165, 1.54) is 23.1 Å². The first-order chi connectivity index (χ1) is 10.3. The Morgan fingerprint density at radius 2 is 2.23 bits per heavy atom. The molecule has 3 rings (SSSR count). The average molecular weight is 317 g/mol. The summed E-state index contributed by atoms with van der Waals surface area (Å²) in [7, 11) is 0. The lowest BCUT2D eigenvalue weighted by atomic mass is 9.71. The fourth-order valence-electron chi connectivity index (χ4n) is 3.18. The van der Waals surface area contributed by atoms with Gasteiger partial charge in [0.1, 0.15) is 4.83 Å². The minimum Gasteiger partial charge on any atom is -0.352 e. The summed E-state index contributed by atoms with van der Waals surface area (Å²) < 4.78 is 0. The zero-order chi connectivity index (χ0) is 15.9. The number of rotatable bonds is 2. The molecule has 2 aromatic rings. The Morgan fingerprint density at radius 3 is 2.91 bits per heavy atom. The second kappa shape index (κ2) is 5.54. The lowest BCUT2D eigenvalue weighted by molar-refractivity contribution is 0.215. The predicted octanol–water partition coefficient (Wildman–Crippen LogP) is 3.62. The van der Waals surface area contributed by atoms with Crippen molar-refractivity contribution in [2.24, 2.45) is 17.1 Å². The number of aromatic nitrogens is 1. The normalized spacial score (nSPS) is 18.2. The van der Waals surface area contributed by atoms with Crippen LogP contribution in [0.5, 0.6) is 0 Å².